The van der Waals surface area contributed by atoms with Gasteiger partial charge in [0.25, 0.3) is 0 Å². The number of nitrogens with zero attached hydrogens (tertiary/aromatic N) is 2. The van der Waals surface area contributed by atoms with Crippen molar-refractivity contribution < 1.29 is 9.53 Å². The molecule has 0 amide bonds. The van der Waals surface area contributed by atoms with Gasteiger partial charge in [-0.15, -0.1) is 0 Å². The van der Waals surface area contributed by atoms with Gasteiger partial charge in [-0.05, 0) is 25.5 Å². The Bertz CT molecular complexity index is 262. The Hall–Kier alpha value is -1.03. The van der Waals surface area contributed by atoms with Crippen molar-refractivity contribution in [3.05, 3.63) is 11.3 Å². The van der Waals surface area contributed by atoms with Crippen LogP contribution in [0.25, 0.3) is 0 Å². The zero-order chi connectivity index (χ0) is 11.4. The van der Waals surface area contributed by atoms with E-state index in [2.05, 4.69) is 11.9 Å². The summed E-state index contributed by atoms with van der Waals surface area (Å²) in [6, 6.07) is 0. The Labute approximate surface area is 91.5 Å². The number of hydrogen-bond acceptors (Lipinski definition) is 4. The zero-order valence-corrected chi connectivity index (χ0v) is 10.0. The summed E-state index contributed by atoms with van der Waals surface area (Å²) < 4.78 is 4.80. The SMILES string of the molecule is COC(=O)C(=C1CCN(C)CC1)N(C)C. The highest BCUT2D eigenvalue weighted by Gasteiger charge is 2.21. The Morgan fingerprint density at radius 1 is 1.33 bits per heavy atom. The fourth-order valence-corrected chi connectivity index (χ4v) is 1.87. The number of esters is 1. The molecule has 0 aromatic carbocycles. The molecule has 1 saturated heterocycles. The quantitative estimate of drug-likeness (QED) is 0.498. The molecule has 1 fully saturated rings. The van der Waals surface area contributed by atoms with E-state index in [4.69, 9.17) is 4.74 Å². The number of methoxy groups -OCH3 is 1. The van der Waals surface area contributed by atoms with Crippen LogP contribution in [-0.2, 0) is 9.53 Å². The number of piperidine rings is 1. The smallest absolute Gasteiger partial charge is 0.354 e. The molecular weight excluding hydrogens is 192 g/mol. The first-order valence-electron chi connectivity index (χ1n) is 5.22. The molecule has 1 aliphatic rings. The Balaban J connectivity index is 2.86. The molecule has 4 nitrogen and oxygen atoms in total. The minimum atomic E-state index is -0.223. The maximum atomic E-state index is 11.6. The number of hydrogen-bond donors (Lipinski definition) is 0. The number of likely N-dealkylation sites (N-methyl/N-ethyl adjacent to an activating group) is 1. The molecule has 0 aromatic heterocycles. The van der Waals surface area contributed by atoms with Crippen LogP contribution in [0.1, 0.15) is 12.8 Å². The van der Waals surface area contributed by atoms with E-state index < -0.39 is 0 Å². The van der Waals surface area contributed by atoms with Crippen molar-refractivity contribution in [2.75, 3.05) is 41.3 Å². The largest absolute Gasteiger partial charge is 0.464 e. The molecule has 1 aliphatic heterocycles. The summed E-state index contributed by atoms with van der Waals surface area (Å²) in [4.78, 5) is 15.7. The lowest BCUT2D eigenvalue weighted by Gasteiger charge is -2.27. The molecule has 0 aromatic rings. The van der Waals surface area contributed by atoms with E-state index in [0.29, 0.717) is 0 Å². The lowest BCUT2D eigenvalue weighted by atomic mass is 10.0. The molecule has 0 saturated carbocycles. The molecule has 0 spiro atoms. The van der Waals surface area contributed by atoms with E-state index in [1.807, 2.05) is 19.0 Å². The molecule has 0 aliphatic carbocycles. The van der Waals surface area contributed by atoms with Crippen LogP contribution in [0.3, 0.4) is 0 Å². The van der Waals surface area contributed by atoms with Gasteiger partial charge >= 0.3 is 5.97 Å². The molecule has 0 radical (unpaired) electrons. The molecule has 0 unspecified atom stereocenters. The van der Waals surface area contributed by atoms with Crippen LogP contribution >= 0.6 is 0 Å². The van der Waals surface area contributed by atoms with Crippen molar-refractivity contribution >= 4 is 5.97 Å². The van der Waals surface area contributed by atoms with Crippen molar-refractivity contribution in [2.24, 2.45) is 0 Å². The summed E-state index contributed by atoms with van der Waals surface area (Å²) in [5.74, 6) is -0.223. The van der Waals surface area contributed by atoms with Crippen molar-refractivity contribution in [2.45, 2.75) is 12.8 Å². The van der Waals surface area contributed by atoms with Gasteiger partial charge in [-0.3, -0.25) is 0 Å². The normalized spacial score (nSPS) is 17.5. The highest BCUT2D eigenvalue weighted by Crippen LogP contribution is 2.21. The van der Waals surface area contributed by atoms with Crippen molar-refractivity contribution in [1.82, 2.24) is 9.80 Å². The average molecular weight is 212 g/mol. The Morgan fingerprint density at radius 3 is 2.27 bits per heavy atom. The van der Waals surface area contributed by atoms with Crippen LogP contribution in [0.4, 0.5) is 0 Å². The van der Waals surface area contributed by atoms with Gasteiger partial charge in [-0.1, -0.05) is 0 Å². The monoisotopic (exact) mass is 212 g/mol. The fourth-order valence-electron chi connectivity index (χ4n) is 1.87. The lowest BCUT2D eigenvalue weighted by molar-refractivity contribution is -0.137. The summed E-state index contributed by atoms with van der Waals surface area (Å²) in [5.41, 5.74) is 1.94. The van der Waals surface area contributed by atoms with E-state index in [9.17, 15) is 4.79 Å². The summed E-state index contributed by atoms with van der Waals surface area (Å²) in [5, 5.41) is 0. The summed E-state index contributed by atoms with van der Waals surface area (Å²) in [6.07, 6.45) is 1.91. The van der Waals surface area contributed by atoms with Crippen molar-refractivity contribution in [1.29, 1.82) is 0 Å². The van der Waals surface area contributed by atoms with E-state index in [0.717, 1.165) is 31.6 Å². The fraction of sp³-hybridized carbons (Fsp3) is 0.727. The van der Waals surface area contributed by atoms with Crippen molar-refractivity contribution in [3.8, 4) is 0 Å². The summed E-state index contributed by atoms with van der Waals surface area (Å²) >= 11 is 0. The first-order valence-corrected chi connectivity index (χ1v) is 5.22. The molecule has 4 heteroatoms. The maximum Gasteiger partial charge on any atom is 0.354 e. The van der Waals surface area contributed by atoms with Gasteiger partial charge in [-0.25, -0.2) is 4.79 Å². The van der Waals surface area contributed by atoms with E-state index >= 15 is 0 Å². The van der Waals surface area contributed by atoms with Gasteiger partial charge in [0.1, 0.15) is 5.70 Å². The van der Waals surface area contributed by atoms with Crippen LogP contribution in [0.2, 0.25) is 0 Å². The van der Waals surface area contributed by atoms with Gasteiger partial charge in [0.2, 0.25) is 0 Å². The van der Waals surface area contributed by atoms with E-state index in [-0.39, 0.29) is 5.97 Å². The third-order valence-electron chi connectivity index (χ3n) is 2.75. The van der Waals surface area contributed by atoms with Gasteiger partial charge < -0.3 is 14.5 Å². The van der Waals surface area contributed by atoms with Crippen LogP contribution in [0, 0.1) is 0 Å². The van der Waals surface area contributed by atoms with E-state index in [1.54, 1.807) is 0 Å². The van der Waals surface area contributed by atoms with Gasteiger partial charge in [0.15, 0.2) is 0 Å². The Kier molecular flexibility index (Phi) is 4.15. The predicted molar refractivity (Wildman–Crippen MR) is 59.5 cm³/mol. The molecule has 15 heavy (non-hydrogen) atoms. The number of likely N-dealkylation sites (tertiary alicyclic amines) is 1. The molecular formula is C11H20N2O2. The number of carbonyl (C=O) groups excluding carboxylic acids is 1. The third-order valence-corrected chi connectivity index (χ3v) is 2.75. The van der Waals surface area contributed by atoms with Crippen molar-refractivity contribution in [3.63, 3.8) is 0 Å². The highest BCUT2D eigenvalue weighted by atomic mass is 16.5. The van der Waals surface area contributed by atoms with Crippen LogP contribution in [-0.4, -0.2) is 57.1 Å². The van der Waals surface area contributed by atoms with Crippen LogP contribution < -0.4 is 0 Å². The van der Waals surface area contributed by atoms with E-state index in [1.165, 1.54) is 12.7 Å². The topological polar surface area (TPSA) is 32.8 Å². The third kappa shape index (κ3) is 2.96. The summed E-state index contributed by atoms with van der Waals surface area (Å²) in [6.45, 7) is 2.04. The molecule has 1 rings (SSSR count). The van der Waals surface area contributed by atoms with Gasteiger partial charge in [-0.2, -0.15) is 0 Å². The minimum absolute atomic E-state index is 0.223. The number of ether oxygens (including phenoxy) is 1. The van der Waals surface area contributed by atoms with Gasteiger partial charge in [0, 0.05) is 27.2 Å². The molecule has 0 N–H and O–H groups in total. The average Bonchev–Trinajstić information content (AvgIpc) is 2.20. The highest BCUT2D eigenvalue weighted by molar-refractivity contribution is 5.88. The number of carbonyl (C=O) groups is 1. The second-order valence-electron chi connectivity index (χ2n) is 4.14. The lowest BCUT2D eigenvalue weighted by Crippen LogP contribution is -2.30. The maximum absolute atomic E-state index is 11.6. The minimum Gasteiger partial charge on any atom is -0.464 e. The molecule has 86 valence electrons. The molecule has 0 bridgehead atoms. The second-order valence-corrected chi connectivity index (χ2v) is 4.14. The predicted octanol–water partition coefficient (Wildman–Crippen LogP) is 0.701. The second kappa shape index (κ2) is 5.16. The molecule has 0 atom stereocenters. The standard InChI is InChI=1S/C11H20N2O2/c1-12(2)10(11(14)15-4)9-5-7-13(3)8-6-9/h5-8H2,1-4H3. The Morgan fingerprint density at radius 2 is 1.87 bits per heavy atom. The zero-order valence-electron chi connectivity index (χ0n) is 10.0. The number of rotatable bonds is 2. The first-order chi connectivity index (χ1) is 7.06. The van der Waals surface area contributed by atoms with Crippen LogP contribution in [0.15, 0.2) is 11.3 Å². The first kappa shape index (κ1) is 12.0. The molecule has 1 heterocycles. The van der Waals surface area contributed by atoms with Gasteiger partial charge in [0.05, 0.1) is 7.11 Å². The summed E-state index contributed by atoms with van der Waals surface area (Å²) in [7, 11) is 7.31. The van der Waals surface area contributed by atoms with Crippen LogP contribution in [0.5, 0.6) is 0 Å².